The van der Waals surface area contributed by atoms with Crippen LogP contribution in [0.3, 0.4) is 0 Å². The Hall–Kier alpha value is -1.96. The summed E-state index contributed by atoms with van der Waals surface area (Å²) in [6.07, 6.45) is 0. The molecule has 0 amide bonds. The second-order valence-electron chi connectivity index (χ2n) is 6.08. The van der Waals surface area contributed by atoms with Crippen LogP contribution in [0.5, 0.6) is 0 Å². The van der Waals surface area contributed by atoms with Gasteiger partial charge in [-0.3, -0.25) is 0 Å². The fourth-order valence-corrected chi connectivity index (χ4v) is 2.37. The number of rotatable bonds is 6. The van der Waals surface area contributed by atoms with Crippen molar-refractivity contribution >= 4 is 11.4 Å². The predicted octanol–water partition coefficient (Wildman–Crippen LogP) is 4.26. The molecule has 2 rings (SSSR count). The maximum Gasteiger partial charge on any atom is 0.0363 e. The third-order valence-corrected chi connectivity index (χ3v) is 3.41. The van der Waals surface area contributed by atoms with Crippen LogP contribution in [0.25, 0.3) is 0 Å². The van der Waals surface area contributed by atoms with Gasteiger partial charge in [-0.25, -0.2) is 0 Å². The SMILES string of the molecule is CN(CC(C)(C)CNc1ccccc1)c1ccccc1. The van der Waals surface area contributed by atoms with Crippen molar-refractivity contribution in [2.45, 2.75) is 13.8 Å². The summed E-state index contributed by atoms with van der Waals surface area (Å²) in [5, 5.41) is 3.52. The highest BCUT2D eigenvalue weighted by molar-refractivity contribution is 5.46. The molecule has 106 valence electrons. The summed E-state index contributed by atoms with van der Waals surface area (Å²) < 4.78 is 0. The number of nitrogens with zero attached hydrogens (tertiary/aromatic N) is 1. The second-order valence-corrected chi connectivity index (χ2v) is 6.08. The van der Waals surface area contributed by atoms with Crippen molar-refractivity contribution in [1.82, 2.24) is 0 Å². The highest BCUT2D eigenvalue weighted by Gasteiger charge is 2.20. The zero-order valence-electron chi connectivity index (χ0n) is 12.6. The summed E-state index contributed by atoms with van der Waals surface area (Å²) in [4.78, 5) is 2.31. The van der Waals surface area contributed by atoms with Gasteiger partial charge in [0.05, 0.1) is 0 Å². The molecule has 0 fully saturated rings. The van der Waals surface area contributed by atoms with Crippen molar-refractivity contribution < 1.29 is 0 Å². The van der Waals surface area contributed by atoms with Crippen molar-refractivity contribution in [3.05, 3.63) is 60.7 Å². The lowest BCUT2D eigenvalue weighted by Gasteiger charge is -2.32. The Morgan fingerprint density at radius 1 is 0.900 bits per heavy atom. The van der Waals surface area contributed by atoms with Gasteiger partial charge in [-0.15, -0.1) is 0 Å². The van der Waals surface area contributed by atoms with Crippen LogP contribution < -0.4 is 10.2 Å². The third-order valence-electron chi connectivity index (χ3n) is 3.41. The van der Waals surface area contributed by atoms with Gasteiger partial charge in [-0.1, -0.05) is 50.2 Å². The molecule has 20 heavy (non-hydrogen) atoms. The summed E-state index contributed by atoms with van der Waals surface area (Å²) in [6.45, 7) is 6.55. The highest BCUT2D eigenvalue weighted by Crippen LogP contribution is 2.21. The monoisotopic (exact) mass is 268 g/mol. The van der Waals surface area contributed by atoms with E-state index in [0.29, 0.717) is 0 Å². The molecule has 2 aromatic carbocycles. The lowest BCUT2D eigenvalue weighted by atomic mass is 9.92. The lowest BCUT2D eigenvalue weighted by molar-refractivity contribution is 0.397. The number of hydrogen-bond donors (Lipinski definition) is 1. The van der Waals surface area contributed by atoms with Crippen molar-refractivity contribution in [2.24, 2.45) is 5.41 Å². The first-order chi connectivity index (χ1) is 9.57. The van der Waals surface area contributed by atoms with Crippen LogP contribution in [0.15, 0.2) is 60.7 Å². The molecule has 0 aromatic heterocycles. The Kier molecular flexibility index (Phi) is 4.67. The summed E-state index contributed by atoms with van der Waals surface area (Å²) in [7, 11) is 2.15. The number of para-hydroxylation sites is 2. The normalized spacial score (nSPS) is 11.2. The van der Waals surface area contributed by atoms with Crippen LogP contribution in [0.2, 0.25) is 0 Å². The molecule has 0 aliphatic carbocycles. The van der Waals surface area contributed by atoms with Crippen molar-refractivity contribution in [1.29, 1.82) is 0 Å². The van der Waals surface area contributed by atoms with Gasteiger partial charge in [-0.2, -0.15) is 0 Å². The fraction of sp³-hybridized carbons (Fsp3) is 0.333. The lowest BCUT2D eigenvalue weighted by Crippen LogP contribution is -2.36. The predicted molar refractivity (Wildman–Crippen MR) is 88.4 cm³/mol. The minimum absolute atomic E-state index is 0.195. The van der Waals surface area contributed by atoms with Gasteiger partial charge < -0.3 is 10.2 Å². The van der Waals surface area contributed by atoms with Gasteiger partial charge in [-0.05, 0) is 29.7 Å². The number of benzene rings is 2. The molecule has 2 heteroatoms. The van der Waals surface area contributed by atoms with E-state index in [2.05, 4.69) is 85.7 Å². The molecule has 0 aliphatic heterocycles. The van der Waals surface area contributed by atoms with E-state index in [0.717, 1.165) is 13.1 Å². The maximum absolute atomic E-state index is 3.52. The average Bonchev–Trinajstić information content (AvgIpc) is 2.47. The molecule has 0 unspecified atom stereocenters. The Labute approximate surface area is 122 Å². The van der Waals surface area contributed by atoms with Crippen LogP contribution in [-0.2, 0) is 0 Å². The van der Waals surface area contributed by atoms with Crippen molar-refractivity contribution in [3.63, 3.8) is 0 Å². The van der Waals surface area contributed by atoms with E-state index >= 15 is 0 Å². The second kappa shape index (κ2) is 6.47. The zero-order valence-corrected chi connectivity index (χ0v) is 12.6. The Bertz CT molecular complexity index is 505. The van der Waals surface area contributed by atoms with E-state index in [1.807, 2.05) is 6.07 Å². The first-order valence-electron chi connectivity index (χ1n) is 7.12. The number of anilines is 2. The van der Waals surface area contributed by atoms with Crippen LogP contribution in [-0.4, -0.2) is 20.1 Å². The molecule has 0 saturated carbocycles. The molecule has 0 bridgehead atoms. The molecular formula is C18H24N2. The average molecular weight is 268 g/mol. The third kappa shape index (κ3) is 4.30. The van der Waals surface area contributed by atoms with Gasteiger partial charge in [0, 0.05) is 31.5 Å². The maximum atomic E-state index is 3.52. The zero-order chi connectivity index (χ0) is 14.4. The Morgan fingerprint density at radius 3 is 2.05 bits per heavy atom. The molecule has 0 saturated heterocycles. The van der Waals surface area contributed by atoms with Gasteiger partial charge in [0.2, 0.25) is 0 Å². The number of nitrogens with one attached hydrogen (secondary N) is 1. The molecular weight excluding hydrogens is 244 g/mol. The highest BCUT2D eigenvalue weighted by atomic mass is 15.1. The van der Waals surface area contributed by atoms with Crippen LogP contribution in [0.1, 0.15) is 13.8 Å². The first kappa shape index (κ1) is 14.4. The molecule has 0 radical (unpaired) electrons. The summed E-state index contributed by atoms with van der Waals surface area (Å²) in [5.41, 5.74) is 2.64. The van der Waals surface area contributed by atoms with Crippen molar-refractivity contribution in [3.8, 4) is 0 Å². The summed E-state index contributed by atoms with van der Waals surface area (Å²) in [5.74, 6) is 0. The van der Waals surface area contributed by atoms with Gasteiger partial charge in [0.25, 0.3) is 0 Å². The van der Waals surface area contributed by atoms with E-state index in [4.69, 9.17) is 0 Å². The standard InChI is InChI=1S/C18H24N2/c1-18(2,14-19-16-10-6-4-7-11-16)15-20(3)17-12-8-5-9-13-17/h4-13,19H,14-15H2,1-3H3. The summed E-state index contributed by atoms with van der Waals surface area (Å²) >= 11 is 0. The van der Waals surface area contributed by atoms with E-state index in [1.54, 1.807) is 0 Å². The van der Waals surface area contributed by atoms with Crippen LogP contribution >= 0.6 is 0 Å². The van der Waals surface area contributed by atoms with Crippen molar-refractivity contribution in [2.75, 3.05) is 30.4 Å². The molecule has 0 aliphatic rings. The molecule has 2 aromatic rings. The minimum atomic E-state index is 0.195. The Morgan fingerprint density at radius 2 is 1.45 bits per heavy atom. The Balaban J connectivity index is 1.90. The van der Waals surface area contributed by atoms with Gasteiger partial charge >= 0.3 is 0 Å². The van der Waals surface area contributed by atoms with Gasteiger partial charge in [0.15, 0.2) is 0 Å². The van der Waals surface area contributed by atoms with Crippen LogP contribution in [0, 0.1) is 5.41 Å². The fourth-order valence-electron chi connectivity index (χ4n) is 2.37. The first-order valence-corrected chi connectivity index (χ1v) is 7.12. The van der Waals surface area contributed by atoms with E-state index in [-0.39, 0.29) is 5.41 Å². The molecule has 2 nitrogen and oxygen atoms in total. The smallest absolute Gasteiger partial charge is 0.0363 e. The molecule has 0 atom stereocenters. The minimum Gasteiger partial charge on any atom is -0.384 e. The molecule has 0 spiro atoms. The molecule has 1 N–H and O–H groups in total. The van der Waals surface area contributed by atoms with E-state index in [9.17, 15) is 0 Å². The van der Waals surface area contributed by atoms with Crippen LogP contribution in [0.4, 0.5) is 11.4 Å². The number of hydrogen-bond acceptors (Lipinski definition) is 2. The summed E-state index contributed by atoms with van der Waals surface area (Å²) in [6, 6.07) is 20.9. The van der Waals surface area contributed by atoms with E-state index < -0.39 is 0 Å². The topological polar surface area (TPSA) is 15.3 Å². The molecule has 0 heterocycles. The van der Waals surface area contributed by atoms with E-state index in [1.165, 1.54) is 11.4 Å². The van der Waals surface area contributed by atoms with Gasteiger partial charge in [0.1, 0.15) is 0 Å². The largest absolute Gasteiger partial charge is 0.384 e. The quantitative estimate of drug-likeness (QED) is 0.842.